The van der Waals surface area contributed by atoms with Crippen molar-refractivity contribution in [1.82, 2.24) is 21.2 Å². The summed E-state index contributed by atoms with van der Waals surface area (Å²) < 4.78 is 0. The molecule has 4 rings (SSSR count). The van der Waals surface area contributed by atoms with E-state index in [1.54, 1.807) is 6.20 Å². The van der Waals surface area contributed by atoms with E-state index in [2.05, 4.69) is 21.2 Å². The fourth-order valence-corrected chi connectivity index (χ4v) is 3.72. The number of carbonyl (C=O) groups is 1. The third kappa shape index (κ3) is 3.62. The van der Waals surface area contributed by atoms with Gasteiger partial charge in [-0.15, -0.1) is 0 Å². The zero-order valence-corrected chi connectivity index (χ0v) is 14.6. The molecule has 0 bridgehead atoms. The number of pyridine rings is 1. The first kappa shape index (κ1) is 17.1. The van der Waals surface area contributed by atoms with Crippen LogP contribution < -0.4 is 16.2 Å². The molecule has 2 unspecified atom stereocenters. The average Bonchev–Trinajstić information content (AvgIpc) is 3.19. The molecule has 26 heavy (non-hydrogen) atoms. The normalized spacial score (nSPS) is 26.1. The summed E-state index contributed by atoms with van der Waals surface area (Å²) in [5.74, 6) is 0.114. The largest absolute Gasteiger partial charge is 0.393 e. The molecule has 1 aliphatic heterocycles. The lowest BCUT2D eigenvalue weighted by Crippen LogP contribution is -2.41. The molecule has 0 radical (unpaired) electrons. The van der Waals surface area contributed by atoms with E-state index >= 15 is 0 Å². The molecule has 1 amide bonds. The van der Waals surface area contributed by atoms with Crippen LogP contribution in [0.2, 0.25) is 0 Å². The van der Waals surface area contributed by atoms with Gasteiger partial charge in [0.2, 0.25) is 0 Å². The summed E-state index contributed by atoms with van der Waals surface area (Å²) in [6.45, 7) is 0.950. The lowest BCUT2D eigenvalue weighted by Gasteiger charge is -2.37. The number of carbonyl (C=O) groups excluding carboxylic acids is 1. The van der Waals surface area contributed by atoms with Crippen LogP contribution in [0.15, 0.2) is 48.7 Å². The van der Waals surface area contributed by atoms with Crippen molar-refractivity contribution >= 4 is 5.91 Å². The van der Waals surface area contributed by atoms with Crippen LogP contribution in [0.4, 0.5) is 0 Å². The summed E-state index contributed by atoms with van der Waals surface area (Å²) in [6.07, 6.45) is 3.90. The van der Waals surface area contributed by atoms with Crippen LogP contribution in [-0.4, -0.2) is 28.6 Å². The van der Waals surface area contributed by atoms with Gasteiger partial charge in [-0.1, -0.05) is 18.2 Å². The van der Waals surface area contributed by atoms with Crippen LogP contribution >= 0.6 is 0 Å². The Labute approximate surface area is 153 Å². The number of aliphatic hydroxyl groups excluding tert-OH is 1. The van der Waals surface area contributed by atoms with Crippen LogP contribution in [0.25, 0.3) is 0 Å². The molecule has 2 atom stereocenters. The molecule has 4 N–H and O–H groups in total. The predicted octanol–water partition coefficient (Wildman–Crippen LogP) is 1.86. The van der Waals surface area contributed by atoms with E-state index in [-0.39, 0.29) is 24.0 Å². The molecule has 6 heteroatoms. The first-order chi connectivity index (χ1) is 12.7. The van der Waals surface area contributed by atoms with Crippen molar-refractivity contribution in [3.05, 3.63) is 65.5 Å². The number of hydrogen-bond donors (Lipinski definition) is 4. The first-order valence-corrected chi connectivity index (χ1v) is 9.19. The molecule has 1 aromatic carbocycles. The van der Waals surface area contributed by atoms with Gasteiger partial charge in [-0.3, -0.25) is 20.6 Å². The molecule has 2 heterocycles. The van der Waals surface area contributed by atoms with E-state index in [1.807, 2.05) is 42.5 Å². The van der Waals surface area contributed by atoms with Gasteiger partial charge in [-0.2, -0.15) is 0 Å². The van der Waals surface area contributed by atoms with E-state index in [0.29, 0.717) is 24.4 Å². The Bertz CT molecular complexity index is 738. The maximum Gasteiger partial charge on any atom is 0.251 e. The lowest BCUT2D eigenvalue weighted by molar-refractivity contribution is 0.0228. The maximum absolute atomic E-state index is 12.8. The summed E-state index contributed by atoms with van der Waals surface area (Å²) in [4.78, 5) is 17.2. The molecule has 1 saturated heterocycles. The Kier molecular flexibility index (Phi) is 4.97. The topological polar surface area (TPSA) is 86.3 Å². The third-order valence-corrected chi connectivity index (χ3v) is 5.32. The highest BCUT2D eigenvalue weighted by molar-refractivity contribution is 5.94. The minimum absolute atomic E-state index is 0.105. The Morgan fingerprint density at radius 1 is 1.19 bits per heavy atom. The molecule has 0 spiro atoms. The van der Waals surface area contributed by atoms with Crippen LogP contribution in [0.3, 0.4) is 0 Å². The van der Waals surface area contributed by atoms with E-state index in [4.69, 9.17) is 0 Å². The van der Waals surface area contributed by atoms with Crippen LogP contribution in [0.1, 0.15) is 53.0 Å². The van der Waals surface area contributed by atoms with Gasteiger partial charge in [0.15, 0.2) is 0 Å². The highest BCUT2D eigenvalue weighted by Crippen LogP contribution is 2.37. The van der Waals surface area contributed by atoms with Gasteiger partial charge in [-0.25, -0.2) is 0 Å². The van der Waals surface area contributed by atoms with Gasteiger partial charge in [0.05, 0.1) is 17.8 Å². The molecule has 2 aliphatic rings. The highest BCUT2D eigenvalue weighted by Gasteiger charge is 2.36. The molecule has 1 saturated carbocycles. The number of benzene rings is 1. The minimum atomic E-state index is -0.269. The van der Waals surface area contributed by atoms with Crippen molar-refractivity contribution in [3.63, 3.8) is 0 Å². The van der Waals surface area contributed by atoms with Crippen LogP contribution in [0.5, 0.6) is 0 Å². The summed E-state index contributed by atoms with van der Waals surface area (Å²) in [5, 5.41) is 12.8. The fourth-order valence-electron chi connectivity index (χ4n) is 3.72. The van der Waals surface area contributed by atoms with Crippen molar-refractivity contribution in [2.45, 2.75) is 37.5 Å². The molecule has 1 aliphatic carbocycles. The molecule has 136 valence electrons. The van der Waals surface area contributed by atoms with Crippen molar-refractivity contribution < 1.29 is 9.90 Å². The molecular weight excluding hydrogens is 328 g/mol. The second-order valence-corrected chi connectivity index (χ2v) is 7.13. The van der Waals surface area contributed by atoms with Gasteiger partial charge in [-0.05, 0) is 55.0 Å². The van der Waals surface area contributed by atoms with Crippen LogP contribution in [0, 0.1) is 5.92 Å². The maximum atomic E-state index is 12.8. The molecule has 1 aromatic heterocycles. The van der Waals surface area contributed by atoms with E-state index in [9.17, 15) is 9.90 Å². The lowest BCUT2D eigenvalue weighted by atomic mass is 9.76. The second-order valence-electron chi connectivity index (χ2n) is 7.13. The summed E-state index contributed by atoms with van der Waals surface area (Å²) in [7, 11) is 0. The Morgan fingerprint density at radius 2 is 2.00 bits per heavy atom. The average molecular weight is 352 g/mol. The zero-order valence-electron chi connectivity index (χ0n) is 14.6. The zero-order chi connectivity index (χ0) is 17.9. The number of amides is 1. The monoisotopic (exact) mass is 352 g/mol. The summed E-state index contributed by atoms with van der Waals surface area (Å²) in [6, 6.07) is 13.6. The standard InChI is InChI=1S/C20H24N4O2/c25-16-11-15(12-16)19(18-3-1-2-9-21-18)23-20(26)14-6-4-13(5-7-14)17-8-10-22-24-17/h1-7,9,15-17,19,22,24-25H,8,10-12H2,(H,23,26). The SMILES string of the molecule is O=C(NC(c1ccccn1)C1CC(O)C1)c1ccc(C2CCNN2)cc1. The van der Waals surface area contributed by atoms with E-state index in [1.165, 1.54) is 5.56 Å². The number of nitrogens with zero attached hydrogens (tertiary/aromatic N) is 1. The van der Waals surface area contributed by atoms with Gasteiger partial charge in [0.1, 0.15) is 0 Å². The number of aliphatic hydroxyl groups is 1. The molecular formula is C20H24N4O2. The van der Waals surface area contributed by atoms with Crippen LogP contribution in [-0.2, 0) is 0 Å². The predicted molar refractivity (Wildman–Crippen MR) is 98.1 cm³/mol. The fraction of sp³-hybridized carbons (Fsp3) is 0.400. The number of hydrogen-bond acceptors (Lipinski definition) is 5. The summed E-state index contributed by atoms with van der Waals surface area (Å²) >= 11 is 0. The smallest absolute Gasteiger partial charge is 0.251 e. The number of hydrazine groups is 1. The van der Waals surface area contributed by atoms with E-state index < -0.39 is 0 Å². The quantitative estimate of drug-likeness (QED) is 0.660. The summed E-state index contributed by atoms with van der Waals surface area (Å²) in [5.41, 5.74) is 9.01. The van der Waals surface area contributed by atoms with Crippen molar-refractivity contribution in [1.29, 1.82) is 0 Å². The van der Waals surface area contributed by atoms with Crippen molar-refractivity contribution in [2.75, 3.05) is 6.54 Å². The van der Waals surface area contributed by atoms with Gasteiger partial charge in [0.25, 0.3) is 5.91 Å². The highest BCUT2D eigenvalue weighted by atomic mass is 16.3. The number of nitrogens with one attached hydrogen (secondary N) is 3. The molecule has 2 aromatic rings. The van der Waals surface area contributed by atoms with Gasteiger partial charge >= 0.3 is 0 Å². The Morgan fingerprint density at radius 3 is 2.62 bits per heavy atom. The Balaban J connectivity index is 1.47. The van der Waals surface area contributed by atoms with Gasteiger partial charge in [0, 0.05) is 24.3 Å². The molecule has 6 nitrogen and oxygen atoms in total. The Hall–Kier alpha value is -2.28. The first-order valence-electron chi connectivity index (χ1n) is 9.19. The second kappa shape index (κ2) is 7.53. The number of aromatic nitrogens is 1. The van der Waals surface area contributed by atoms with E-state index in [0.717, 1.165) is 18.7 Å². The van der Waals surface area contributed by atoms with Crippen molar-refractivity contribution in [3.8, 4) is 0 Å². The number of rotatable bonds is 5. The van der Waals surface area contributed by atoms with Crippen molar-refractivity contribution in [2.24, 2.45) is 5.92 Å². The third-order valence-electron chi connectivity index (χ3n) is 5.32. The minimum Gasteiger partial charge on any atom is -0.393 e. The van der Waals surface area contributed by atoms with Gasteiger partial charge < -0.3 is 10.4 Å². The molecule has 2 fully saturated rings.